The molecule has 0 radical (unpaired) electrons. The second-order valence-corrected chi connectivity index (χ2v) is 9.05. The molecule has 2 aromatic rings. The van der Waals surface area contributed by atoms with Crippen LogP contribution in [0.2, 0.25) is 0 Å². The van der Waals surface area contributed by atoms with Crippen molar-refractivity contribution in [3.63, 3.8) is 0 Å². The Kier molecular flexibility index (Phi) is 6.18. The summed E-state index contributed by atoms with van der Waals surface area (Å²) in [6.45, 7) is 4.87. The normalized spacial score (nSPS) is 22.5. The van der Waals surface area contributed by atoms with Gasteiger partial charge in [0.05, 0.1) is 7.11 Å². The molecule has 9 nitrogen and oxygen atoms in total. The molecule has 2 saturated heterocycles. The Morgan fingerprint density at radius 2 is 1.45 bits per heavy atom. The van der Waals surface area contributed by atoms with Crippen LogP contribution in [0.4, 0.5) is 11.9 Å². The van der Waals surface area contributed by atoms with E-state index in [4.69, 9.17) is 9.72 Å². The predicted molar refractivity (Wildman–Crippen MR) is 119 cm³/mol. The van der Waals surface area contributed by atoms with Crippen LogP contribution in [0.1, 0.15) is 75.4 Å². The fourth-order valence-electron chi connectivity index (χ4n) is 5.16. The molecule has 0 aliphatic carbocycles. The highest BCUT2D eigenvalue weighted by atomic mass is 16.5. The molecule has 5 heterocycles. The molecule has 5 rings (SSSR count). The van der Waals surface area contributed by atoms with Crippen LogP contribution >= 0.6 is 0 Å². The first kappa shape index (κ1) is 20.5. The van der Waals surface area contributed by atoms with Crippen molar-refractivity contribution in [3.05, 3.63) is 11.6 Å². The zero-order chi connectivity index (χ0) is 21.0. The summed E-state index contributed by atoms with van der Waals surface area (Å²) in [5.74, 6) is 4.15. The van der Waals surface area contributed by atoms with Gasteiger partial charge in [-0.2, -0.15) is 15.0 Å². The van der Waals surface area contributed by atoms with E-state index in [2.05, 4.69) is 34.5 Å². The van der Waals surface area contributed by atoms with Crippen LogP contribution in [-0.2, 0) is 13.0 Å². The Morgan fingerprint density at radius 1 is 0.742 bits per heavy atom. The Labute approximate surface area is 184 Å². The highest BCUT2D eigenvalue weighted by Crippen LogP contribution is 2.30. The summed E-state index contributed by atoms with van der Waals surface area (Å²) >= 11 is 0. The van der Waals surface area contributed by atoms with Crippen LogP contribution in [0.15, 0.2) is 0 Å². The van der Waals surface area contributed by atoms with Crippen molar-refractivity contribution in [2.75, 3.05) is 43.1 Å². The van der Waals surface area contributed by atoms with Crippen LogP contribution in [0.3, 0.4) is 0 Å². The van der Waals surface area contributed by atoms with E-state index in [1.54, 1.807) is 7.11 Å². The summed E-state index contributed by atoms with van der Waals surface area (Å²) in [6.07, 6.45) is 11.9. The van der Waals surface area contributed by atoms with Crippen molar-refractivity contribution in [1.29, 1.82) is 0 Å². The summed E-state index contributed by atoms with van der Waals surface area (Å²) in [5.41, 5.74) is 0. The first-order valence-electron chi connectivity index (χ1n) is 12.0. The molecule has 2 fully saturated rings. The van der Waals surface area contributed by atoms with Gasteiger partial charge in [-0.1, -0.05) is 19.3 Å². The Bertz CT molecular complexity index is 876. The molecule has 0 amide bonds. The molecule has 3 aliphatic rings. The molecule has 0 spiro atoms. The van der Waals surface area contributed by atoms with Crippen LogP contribution in [0, 0.1) is 0 Å². The average molecular weight is 427 g/mol. The fraction of sp³-hybridized carbons (Fsp3) is 0.773. The zero-order valence-electron chi connectivity index (χ0n) is 18.7. The van der Waals surface area contributed by atoms with Gasteiger partial charge in [-0.25, -0.2) is 0 Å². The molecule has 3 aliphatic heterocycles. The lowest BCUT2D eigenvalue weighted by molar-refractivity contribution is 0.376. The molecular weight excluding hydrogens is 392 g/mol. The van der Waals surface area contributed by atoms with Crippen molar-refractivity contribution >= 4 is 11.9 Å². The third kappa shape index (κ3) is 4.45. The third-order valence-corrected chi connectivity index (χ3v) is 6.87. The van der Waals surface area contributed by atoms with Crippen molar-refractivity contribution in [2.24, 2.45) is 0 Å². The molecule has 0 N–H and O–H groups in total. The SMILES string of the molecule is COc1nc(N2CCCCCC2)nc(N2CCCC(c3nnc4n3CCCCC4)C2)n1. The van der Waals surface area contributed by atoms with Gasteiger partial charge in [0.15, 0.2) is 0 Å². The minimum Gasteiger partial charge on any atom is -0.467 e. The smallest absolute Gasteiger partial charge is 0.322 e. The predicted octanol–water partition coefficient (Wildman–Crippen LogP) is 2.96. The maximum absolute atomic E-state index is 5.45. The number of fused-ring (bicyclic) bond motifs is 1. The molecule has 168 valence electrons. The lowest BCUT2D eigenvalue weighted by atomic mass is 9.97. The number of ether oxygens (including phenoxy) is 1. The summed E-state index contributed by atoms with van der Waals surface area (Å²) < 4.78 is 7.84. The lowest BCUT2D eigenvalue weighted by Gasteiger charge is -2.33. The summed E-state index contributed by atoms with van der Waals surface area (Å²) in [4.78, 5) is 18.7. The maximum atomic E-state index is 5.45. The van der Waals surface area contributed by atoms with Gasteiger partial charge >= 0.3 is 6.01 Å². The first-order chi connectivity index (χ1) is 15.3. The molecule has 1 atom stereocenters. The van der Waals surface area contributed by atoms with Crippen LogP contribution in [0.25, 0.3) is 0 Å². The molecule has 31 heavy (non-hydrogen) atoms. The Balaban J connectivity index is 1.38. The van der Waals surface area contributed by atoms with Crippen molar-refractivity contribution < 1.29 is 4.74 Å². The minimum absolute atomic E-state index is 0.359. The number of hydrogen-bond donors (Lipinski definition) is 0. The highest BCUT2D eigenvalue weighted by Gasteiger charge is 2.29. The van der Waals surface area contributed by atoms with Gasteiger partial charge in [-0.05, 0) is 38.5 Å². The zero-order valence-corrected chi connectivity index (χ0v) is 18.7. The van der Waals surface area contributed by atoms with E-state index >= 15 is 0 Å². The molecule has 0 bridgehead atoms. The summed E-state index contributed by atoms with van der Waals surface area (Å²) in [7, 11) is 1.63. The Morgan fingerprint density at radius 3 is 2.26 bits per heavy atom. The number of piperidine rings is 1. The topological polar surface area (TPSA) is 85.1 Å². The van der Waals surface area contributed by atoms with Crippen molar-refractivity contribution in [1.82, 2.24) is 29.7 Å². The fourth-order valence-corrected chi connectivity index (χ4v) is 5.16. The minimum atomic E-state index is 0.359. The number of rotatable bonds is 4. The molecule has 0 aromatic carbocycles. The molecule has 2 aromatic heterocycles. The van der Waals surface area contributed by atoms with E-state index in [0.29, 0.717) is 11.9 Å². The number of anilines is 2. The number of aromatic nitrogens is 6. The number of hydrogen-bond acceptors (Lipinski definition) is 8. The van der Waals surface area contributed by atoms with E-state index in [9.17, 15) is 0 Å². The van der Waals surface area contributed by atoms with Crippen LogP contribution < -0.4 is 14.5 Å². The number of aryl methyl sites for hydroxylation is 1. The van der Waals surface area contributed by atoms with Gasteiger partial charge in [0.1, 0.15) is 11.6 Å². The standard InChI is InChI=1S/C22H34N8O/c1-31-22-24-20(28-12-6-2-3-7-13-28)23-21(25-22)29-14-9-10-17(16-29)19-27-26-18-11-5-4-8-15-30(18)19/h17H,2-16H2,1H3. The summed E-state index contributed by atoms with van der Waals surface area (Å²) in [6, 6.07) is 0.405. The van der Waals surface area contributed by atoms with E-state index in [1.807, 2.05) is 0 Å². The van der Waals surface area contributed by atoms with Crippen molar-refractivity contribution in [3.8, 4) is 6.01 Å². The molecule has 1 unspecified atom stereocenters. The number of methoxy groups -OCH3 is 1. The van der Waals surface area contributed by atoms with E-state index in [1.165, 1.54) is 44.9 Å². The van der Waals surface area contributed by atoms with E-state index < -0.39 is 0 Å². The third-order valence-electron chi connectivity index (χ3n) is 6.87. The van der Waals surface area contributed by atoms with Crippen LogP contribution in [-0.4, -0.2) is 63.0 Å². The van der Waals surface area contributed by atoms with Crippen molar-refractivity contribution in [2.45, 2.75) is 76.7 Å². The van der Waals surface area contributed by atoms with Gasteiger partial charge in [0.25, 0.3) is 0 Å². The first-order valence-corrected chi connectivity index (χ1v) is 12.0. The number of nitrogens with zero attached hydrogens (tertiary/aromatic N) is 8. The second kappa shape index (κ2) is 9.36. The van der Waals surface area contributed by atoms with E-state index in [0.717, 1.165) is 75.5 Å². The van der Waals surface area contributed by atoms with Gasteiger partial charge < -0.3 is 19.1 Å². The van der Waals surface area contributed by atoms with Gasteiger partial charge in [0.2, 0.25) is 11.9 Å². The highest BCUT2D eigenvalue weighted by molar-refractivity contribution is 5.41. The Hall–Kier alpha value is -2.45. The molecule has 0 saturated carbocycles. The quantitative estimate of drug-likeness (QED) is 0.738. The van der Waals surface area contributed by atoms with Crippen LogP contribution in [0.5, 0.6) is 6.01 Å². The van der Waals surface area contributed by atoms with Gasteiger partial charge in [-0.15, -0.1) is 10.2 Å². The lowest BCUT2D eigenvalue weighted by Crippen LogP contribution is -2.37. The average Bonchev–Trinajstić information content (AvgIpc) is 3.00. The van der Waals surface area contributed by atoms with Gasteiger partial charge in [0, 0.05) is 45.1 Å². The molecule has 9 heteroatoms. The monoisotopic (exact) mass is 426 g/mol. The van der Waals surface area contributed by atoms with E-state index in [-0.39, 0.29) is 0 Å². The molecular formula is C22H34N8O. The second-order valence-electron chi connectivity index (χ2n) is 9.05. The maximum Gasteiger partial charge on any atom is 0.322 e. The van der Waals surface area contributed by atoms with Gasteiger partial charge in [-0.3, -0.25) is 0 Å². The largest absolute Gasteiger partial charge is 0.467 e. The summed E-state index contributed by atoms with van der Waals surface area (Å²) in [5, 5.41) is 9.15.